The fourth-order valence-corrected chi connectivity index (χ4v) is 8.86. The van der Waals surface area contributed by atoms with Crippen molar-refractivity contribution in [2.75, 3.05) is 13.3 Å². The number of allylic oxidation sites excluding steroid dienone is 2. The molecule has 0 N–H and O–H groups in total. The summed E-state index contributed by atoms with van der Waals surface area (Å²) in [5.74, 6) is 7.85. The zero-order valence-electron chi connectivity index (χ0n) is 22.3. The molecule has 0 aliphatic rings. The molecule has 0 aromatic heterocycles. The minimum Gasteiger partial charge on any atom is -1.00 e. The van der Waals surface area contributed by atoms with Crippen LogP contribution in [0.1, 0.15) is 29.2 Å². The highest BCUT2D eigenvalue weighted by atomic mass is 79.9. The van der Waals surface area contributed by atoms with Crippen molar-refractivity contribution >= 4 is 23.2 Å². The molecule has 0 unspecified atom stereocenters. The molecule has 0 fully saturated rings. The minimum atomic E-state index is -1.90. The molecule has 3 heteroatoms. The van der Waals surface area contributed by atoms with E-state index in [4.69, 9.17) is 4.74 Å². The van der Waals surface area contributed by atoms with Gasteiger partial charge in [-0.15, -0.1) is 0 Å². The van der Waals surface area contributed by atoms with Crippen LogP contribution in [0.3, 0.4) is 0 Å². The first-order valence-electron chi connectivity index (χ1n) is 12.4. The summed E-state index contributed by atoms with van der Waals surface area (Å²) in [6.07, 6.45) is 3.26. The molecule has 1 nitrogen and oxygen atoms in total. The van der Waals surface area contributed by atoms with E-state index in [1.165, 1.54) is 21.5 Å². The molecule has 0 saturated heterocycles. The van der Waals surface area contributed by atoms with Gasteiger partial charge >= 0.3 is 0 Å². The summed E-state index contributed by atoms with van der Waals surface area (Å²) in [5, 5.41) is 4.16. The van der Waals surface area contributed by atoms with Gasteiger partial charge in [0.05, 0.1) is 13.3 Å². The van der Waals surface area contributed by atoms with Crippen molar-refractivity contribution in [1.29, 1.82) is 0 Å². The van der Waals surface area contributed by atoms with Gasteiger partial charge in [-0.05, 0) is 98.5 Å². The van der Waals surface area contributed by atoms with Gasteiger partial charge in [0.15, 0.2) is 0 Å². The maximum Gasteiger partial charge on any atom is 0.122 e. The first-order valence-corrected chi connectivity index (χ1v) is 14.3. The lowest BCUT2D eigenvalue weighted by molar-refractivity contribution is -0.00000757. The van der Waals surface area contributed by atoms with Crippen LogP contribution in [0.2, 0.25) is 0 Å². The van der Waals surface area contributed by atoms with Gasteiger partial charge in [-0.1, -0.05) is 66.4 Å². The van der Waals surface area contributed by atoms with Crippen LogP contribution in [0.25, 0.3) is 0 Å². The molecule has 188 valence electrons. The number of methoxy groups -OCH3 is 1. The Kier molecular flexibility index (Phi) is 9.93. The molecule has 0 amide bonds. The molecular formula is C34H34BrOP. The molecule has 4 aromatic carbocycles. The lowest BCUT2D eigenvalue weighted by Gasteiger charge is -2.26. The number of halogens is 1. The number of benzene rings is 4. The maximum absolute atomic E-state index is 5.53. The molecule has 0 spiro atoms. The van der Waals surface area contributed by atoms with Crippen molar-refractivity contribution < 1.29 is 21.7 Å². The quantitative estimate of drug-likeness (QED) is 0.253. The average Bonchev–Trinajstić information content (AvgIpc) is 2.93. The Bertz CT molecular complexity index is 1320. The topological polar surface area (TPSA) is 9.23 Å². The third kappa shape index (κ3) is 6.07. The Morgan fingerprint density at radius 3 is 1.65 bits per heavy atom. The van der Waals surface area contributed by atoms with Gasteiger partial charge in [0, 0.05) is 5.56 Å². The van der Waals surface area contributed by atoms with Crippen LogP contribution in [-0.4, -0.2) is 13.3 Å². The molecule has 0 aliphatic carbocycles. The lowest BCUT2D eigenvalue weighted by atomic mass is 9.97. The third-order valence-electron chi connectivity index (χ3n) is 6.92. The van der Waals surface area contributed by atoms with E-state index in [0.29, 0.717) is 0 Å². The van der Waals surface area contributed by atoms with E-state index >= 15 is 0 Å². The van der Waals surface area contributed by atoms with Crippen molar-refractivity contribution in [3.63, 3.8) is 0 Å². The van der Waals surface area contributed by atoms with Crippen LogP contribution in [0.15, 0.2) is 109 Å². The predicted molar refractivity (Wildman–Crippen MR) is 158 cm³/mol. The molecule has 0 radical (unpaired) electrons. The first kappa shape index (κ1) is 28.5. The highest BCUT2D eigenvalue weighted by Gasteiger charge is 2.44. The van der Waals surface area contributed by atoms with Crippen molar-refractivity contribution in [3.8, 4) is 17.6 Å². The molecule has 37 heavy (non-hydrogen) atoms. The zero-order chi connectivity index (χ0) is 25.5. The largest absolute Gasteiger partial charge is 1.00 e. The summed E-state index contributed by atoms with van der Waals surface area (Å²) < 4.78 is 5.53. The number of rotatable bonds is 6. The summed E-state index contributed by atoms with van der Waals surface area (Å²) in [7, 11) is -0.178. The van der Waals surface area contributed by atoms with Gasteiger partial charge in [0.1, 0.15) is 28.9 Å². The van der Waals surface area contributed by atoms with E-state index in [9.17, 15) is 0 Å². The van der Waals surface area contributed by atoms with Gasteiger partial charge in [0.25, 0.3) is 0 Å². The van der Waals surface area contributed by atoms with Crippen LogP contribution in [0, 0.1) is 32.6 Å². The number of hydrogen-bond acceptors (Lipinski definition) is 1. The maximum atomic E-state index is 5.53. The van der Waals surface area contributed by atoms with Gasteiger partial charge in [-0.2, -0.15) is 0 Å². The van der Waals surface area contributed by atoms with E-state index in [0.717, 1.165) is 34.2 Å². The van der Waals surface area contributed by atoms with E-state index < -0.39 is 7.26 Å². The summed E-state index contributed by atoms with van der Waals surface area (Å²) in [4.78, 5) is 0. The smallest absolute Gasteiger partial charge is 0.122 e. The molecule has 0 saturated carbocycles. The van der Waals surface area contributed by atoms with Crippen molar-refractivity contribution in [1.82, 2.24) is 0 Å². The SMILES string of the molecule is COc1cc(C)c(C#CC(C)=CC[P+](c2ccccc2)(c2ccccc2)c2ccccc2)c(C)c1C.[Br-]. The van der Waals surface area contributed by atoms with Crippen LogP contribution >= 0.6 is 7.26 Å². The van der Waals surface area contributed by atoms with Gasteiger partial charge in [-0.25, -0.2) is 0 Å². The van der Waals surface area contributed by atoms with E-state index in [-0.39, 0.29) is 17.0 Å². The van der Waals surface area contributed by atoms with Crippen LogP contribution in [0.5, 0.6) is 5.75 Å². The van der Waals surface area contributed by atoms with E-state index in [1.54, 1.807) is 7.11 Å². The molecular weight excluding hydrogens is 535 g/mol. The number of ether oxygens (including phenoxy) is 1. The number of hydrogen-bond donors (Lipinski definition) is 0. The van der Waals surface area contributed by atoms with Gasteiger partial charge in [0.2, 0.25) is 0 Å². The second kappa shape index (κ2) is 12.9. The monoisotopic (exact) mass is 568 g/mol. The molecule has 0 bridgehead atoms. The second-order valence-electron chi connectivity index (χ2n) is 9.16. The van der Waals surface area contributed by atoms with Crippen molar-refractivity contribution in [2.24, 2.45) is 0 Å². The molecule has 0 heterocycles. The normalized spacial score (nSPS) is 11.2. The molecule has 4 aromatic rings. The van der Waals surface area contributed by atoms with Crippen molar-refractivity contribution in [2.45, 2.75) is 27.7 Å². The Morgan fingerprint density at radius 1 is 0.757 bits per heavy atom. The van der Waals surface area contributed by atoms with Crippen LogP contribution in [-0.2, 0) is 0 Å². The van der Waals surface area contributed by atoms with E-state index in [2.05, 4.69) is 143 Å². The lowest BCUT2D eigenvalue weighted by Crippen LogP contribution is -3.00. The molecule has 4 rings (SSSR count). The Hall–Kier alpha value is -3.11. The summed E-state index contributed by atoms with van der Waals surface area (Å²) in [6, 6.07) is 35.0. The standard InChI is InChI=1S/C34H34OP.BrH/c1-26(21-22-33-27(2)25-34(35-5)29(4)28(33)3)23-24-36(30-15-9-6-10-16-30,31-17-11-7-12-18-31)32-19-13-8-14-20-32;/h6-20,23,25H,24H2,1-5H3;1H/q+1;/p-1. The fraction of sp³-hybridized carbons (Fsp3) is 0.176. The number of aryl methyl sites for hydroxylation is 1. The molecule has 0 aliphatic heterocycles. The van der Waals surface area contributed by atoms with E-state index in [1.807, 2.05) is 0 Å². The highest BCUT2D eigenvalue weighted by Crippen LogP contribution is 2.55. The molecule has 0 atom stereocenters. The Labute approximate surface area is 233 Å². The Morgan fingerprint density at radius 2 is 1.22 bits per heavy atom. The summed E-state index contributed by atoms with van der Waals surface area (Å²) >= 11 is 0. The third-order valence-corrected chi connectivity index (χ3v) is 11.2. The van der Waals surface area contributed by atoms with Crippen molar-refractivity contribution in [3.05, 3.63) is 131 Å². The zero-order valence-corrected chi connectivity index (χ0v) is 24.7. The first-order chi connectivity index (χ1) is 17.5. The average molecular weight is 570 g/mol. The van der Waals surface area contributed by atoms with Crippen LogP contribution < -0.4 is 37.6 Å². The minimum absolute atomic E-state index is 0. The van der Waals surface area contributed by atoms with Gasteiger partial charge in [-0.3, -0.25) is 0 Å². The predicted octanol–water partition coefficient (Wildman–Crippen LogP) is 3.92. The highest BCUT2D eigenvalue weighted by molar-refractivity contribution is 7.95. The van der Waals surface area contributed by atoms with Crippen LogP contribution in [0.4, 0.5) is 0 Å². The summed E-state index contributed by atoms with van der Waals surface area (Å²) in [5.41, 5.74) is 5.67. The fourth-order valence-electron chi connectivity index (χ4n) is 4.75. The Balaban J connectivity index is 0.00000380. The second-order valence-corrected chi connectivity index (χ2v) is 12.7. The summed E-state index contributed by atoms with van der Waals surface area (Å²) in [6.45, 7) is 8.46. The van der Waals surface area contributed by atoms with Gasteiger partial charge < -0.3 is 21.7 Å².